The summed E-state index contributed by atoms with van der Waals surface area (Å²) in [4.78, 5) is 38.1. The first kappa shape index (κ1) is 61.6. The maximum absolute atomic E-state index is 12.8. The number of ether oxygens (including phenoxy) is 3. The maximum atomic E-state index is 12.8. The fraction of sp³-hybridized carbons (Fsp3) is 0.845. The van der Waals surface area contributed by atoms with Crippen LogP contribution in [0.25, 0.3) is 0 Å². The monoisotopic (exact) mass is 899 g/mol. The van der Waals surface area contributed by atoms with Crippen LogP contribution in [0.2, 0.25) is 0 Å². The zero-order valence-corrected chi connectivity index (χ0v) is 42.8. The van der Waals surface area contributed by atoms with Crippen molar-refractivity contribution in [3.63, 3.8) is 0 Å². The predicted octanol–water partition coefficient (Wildman–Crippen LogP) is 18.5. The van der Waals surface area contributed by atoms with E-state index in [2.05, 4.69) is 57.2 Å². The molecule has 0 spiro atoms. The van der Waals surface area contributed by atoms with Crippen LogP contribution in [0.1, 0.15) is 297 Å². The fourth-order valence-electron chi connectivity index (χ4n) is 8.07. The van der Waals surface area contributed by atoms with Crippen LogP contribution < -0.4 is 0 Å². The highest BCUT2D eigenvalue weighted by atomic mass is 16.6. The number of hydrogen-bond donors (Lipinski definition) is 0. The Morgan fingerprint density at radius 2 is 0.516 bits per heavy atom. The molecule has 0 fully saturated rings. The molecule has 6 nitrogen and oxygen atoms in total. The summed E-state index contributed by atoms with van der Waals surface area (Å²) in [6.45, 7) is 6.63. The lowest BCUT2D eigenvalue weighted by molar-refractivity contribution is -0.167. The van der Waals surface area contributed by atoms with Crippen molar-refractivity contribution in [3.05, 3.63) is 36.5 Å². The van der Waals surface area contributed by atoms with Gasteiger partial charge in [0.2, 0.25) is 0 Å². The average molecular weight is 899 g/mol. The van der Waals surface area contributed by atoms with E-state index in [4.69, 9.17) is 14.2 Å². The number of unbranched alkanes of at least 4 members (excludes halogenated alkanes) is 34. The molecule has 64 heavy (non-hydrogen) atoms. The van der Waals surface area contributed by atoms with Gasteiger partial charge >= 0.3 is 17.9 Å². The van der Waals surface area contributed by atoms with Gasteiger partial charge in [0.25, 0.3) is 0 Å². The molecule has 0 aromatic carbocycles. The smallest absolute Gasteiger partial charge is 0.306 e. The van der Waals surface area contributed by atoms with Gasteiger partial charge in [-0.25, -0.2) is 0 Å². The zero-order valence-electron chi connectivity index (χ0n) is 42.8. The van der Waals surface area contributed by atoms with Gasteiger partial charge in [-0.3, -0.25) is 14.4 Å². The lowest BCUT2D eigenvalue weighted by atomic mass is 10.1. The van der Waals surface area contributed by atoms with Crippen LogP contribution in [0.5, 0.6) is 0 Å². The van der Waals surface area contributed by atoms with Crippen molar-refractivity contribution in [1.29, 1.82) is 0 Å². The molecule has 0 aromatic heterocycles. The Bertz CT molecular complexity index is 1080. The molecular formula is C58H106O6. The van der Waals surface area contributed by atoms with E-state index in [1.165, 1.54) is 186 Å². The maximum Gasteiger partial charge on any atom is 0.306 e. The van der Waals surface area contributed by atoms with E-state index in [9.17, 15) is 14.4 Å². The Labute approximate surface area is 397 Å². The summed E-state index contributed by atoms with van der Waals surface area (Å²) in [7, 11) is 0. The highest BCUT2D eigenvalue weighted by Crippen LogP contribution is 2.15. The molecular weight excluding hydrogens is 793 g/mol. The highest BCUT2D eigenvalue weighted by molar-refractivity contribution is 5.71. The van der Waals surface area contributed by atoms with Crippen LogP contribution >= 0.6 is 0 Å². The van der Waals surface area contributed by atoms with Crippen molar-refractivity contribution in [3.8, 4) is 0 Å². The second-order valence-corrected chi connectivity index (χ2v) is 18.8. The third kappa shape index (κ3) is 50.6. The van der Waals surface area contributed by atoms with Gasteiger partial charge in [0.05, 0.1) is 0 Å². The van der Waals surface area contributed by atoms with Crippen molar-refractivity contribution in [1.82, 2.24) is 0 Å². The molecule has 0 aliphatic rings. The van der Waals surface area contributed by atoms with Gasteiger partial charge in [-0.1, -0.05) is 218 Å². The Hall–Kier alpha value is -2.37. The molecule has 0 rings (SSSR count). The molecule has 0 saturated carbocycles. The van der Waals surface area contributed by atoms with Gasteiger partial charge in [-0.15, -0.1) is 0 Å². The molecule has 0 bridgehead atoms. The van der Waals surface area contributed by atoms with Crippen LogP contribution in [0.15, 0.2) is 36.5 Å². The van der Waals surface area contributed by atoms with Crippen molar-refractivity contribution in [2.75, 3.05) is 13.2 Å². The standard InChI is InChI=1S/C58H106O6/c1-4-7-10-13-16-19-22-25-27-29-31-33-36-39-42-45-48-51-57(60)63-54-55(53-62-56(59)50-47-44-41-38-35-32-24-21-18-15-12-9-6-3)64-58(61)52-49-46-43-40-37-34-30-28-26-23-20-17-14-11-8-5-2/h21,24-25,27-28,30,55H,4-20,22-23,26,29,31-54H2,1-3H3/b24-21-,27-25-,30-28-/t55-/m1/s1. The quantitative estimate of drug-likeness (QED) is 0.0262. The summed E-state index contributed by atoms with van der Waals surface area (Å²) in [5.74, 6) is -0.887. The average Bonchev–Trinajstić information content (AvgIpc) is 3.29. The third-order valence-corrected chi connectivity index (χ3v) is 12.3. The molecule has 0 radical (unpaired) electrons. The van der Waals surface area contributed by atoms with Crippen molar-refractivity contribution in [2.24, 2.45) is 0 Å². The molecule has 374 valence electrons. The Kier molecular flexibility index (Phi) is 51.3. The number of hydrogen-bond acceptors (Lipinski definition) is 6. The Morgan fingerprint density at radius 3 is 0.797 bits per heavy atom. The second kappa shape index (κ2) is 53.2. The molecule has 0 aliphatic carbocycles. The van der Waals surface area contributed by atoms with Gasteiger partial charge < -0.3 is 14.2 Å². The summed E-state index contributed by atoms with van der Waals surface area (Å²) < 4.78 is 16.8. The normalized spacial score (nSPS) is 12.2. The molecule has 0 aliphatic heterocycles. The van der Waals surface area contributed by atoms with Crippen LogP contribution in [-0.4, -0.2) is 37.2 Å². The minimum atomic E-state index is -0.779. The van der Waals surface area contributed by atoms with E-state index in [1.807, 2.05) is 0 Å². The van der Waals surface area contributed by atoms with Gasteiger partial charge in [-0.05, 0) is 96.3 Å². The predicted molar refractivity (Wildman–Crippen MR) is 275 cm³/mol. The van der Waals surface area contributed by atoms with Crippen LogP contribution in [-0.2, 0) is 28.6 Å². The minimum Gasteiger partial charge on any atom is -0.462 e. The summed E-state index contributed by atoms with van der Waals surface area (Å²) in [6, 6.07) is 0. The zero-order chi connectivity index (χ0) is 46.5. The largest absolute Gasteiger partial charge is 0.462 e. The number of allylic oxidation sites excluding steroid dienone is 6. The lowest BCUT2D eigenvalue weighted by Crippen LogP contribution is -2.30. The van der Waals surface area contributed by atoms with E-state index < -0.39 is 6.10 Å². The van der Waals surface area contributed by atoms with E-state index >= 15 is 0 Å². The van der Waals surface area contributed by atoms with Gasteiger partial charge in [-0.2, -0.15) is 0 Å². The SMILES string of the molecule is CCCCCC/C=C\CCCCCCCC(=O)OC[C@H](COC(=O)CCCCCCCCC/C=C\CCCCCCCC)OC(=O)CCCCCCC/C=C\CCCCCCCCC. The van der Waals surface area contributed by atoms with E-state index in [-0.39, 0.29) is 31.1 Å². The minimum absolute atomic E-state index is 0.0785. The Balaban J connectivity index is 4.37. The lowest BCUT2D eigenvalue weighted by Gasteiger charge is -2.18. The second-order valence-electron chi connectivity index (χ2n) is 18.8. The fourth-order valence-corrected chi connectivity index (χ4v) is 8.07. The summed E-state index contributed by atoms with van der Waals surface area (Å²) >= 11 is 0. The number of rotatable bonds is 51. The first-order valence-electron chi connectivity index (χ1n) is 28.0. The van der Waals surface area contributed by atoms with E-state index in [1.54, 1.807) is 0 Å². The summed E-state index contributed by atoms with van der Waals surface area (Å²) in [5.41, 5.74) is 0. The first-order valence-corrected chi connectivity index (χ1v) is 28.0. The van der Waals surface area contributed by atoms with Crippen molar-refractivity contribution in [2.45, 2.75) is 303 Å². The van der Waals surface area contributed by atoms with E-state index in [0.717, 1.165) is 70.6 Å². The molecule has 6 heteroatoms. The molecule has 0 unspecified atom stereocenters. The van der Waals surface area contributed by atoms with Gasteiger partial charge in [0, 0.05) is 19.3 Å². The van der Waals surface area contributed by atoms with Gasteiger partial charge in [0.15, 0.2) is 6.10 Å². The van der Waals surface area contributed by atoms with Crippen molar-refractivity contribution >= 4 is 17.9 Å². The Morgan fingerprint density at radius 1 is 0.297 bits per heavy atom. The molecule has 0 saturated heterocycles. The van der Waals surface area contributed by atoms with Crippen LogP contribution in [0.3, 0.4) is 0 Å². The highest BCUT2D eigenvalue weighted by Gasteiger charge is 2.19. The first-order chi connectivity index (χ1) is 31.5. The molecule has 0 aromatic rings. The van der Waals surface area contributed by atoms with Gasteiger partial charge in [0.1, 0.15) is 13.2 Å². The summed E-state index contributed by atoms with van der Waals surface area (Å²) in [6.07, 6.45) is 62.7. The van der Waals surface area contributed by atoms with Crippen molar-refractivity contribution < 1.29 is 28.6 Å². The number of carbonyl (C=O) groups excluding carboxylic acids is 3. The molecule has 0 heterocycles. The molecule has 0 amide bonds. The van der Waals surface area contributed by atoms with Crippen LogP contribution in [0.4, 0.5) is 0 Å². The van der Waals surface area contributed by atoms with Crippen LogP contribution in [0, 0.1) is 0 Å². The topological polar surface area (TPSA) is 78.9 Å². The van der Waals surface area contributed by atoms with E-state index in [0.29, 0.717) is 19.3 Å². The molecule has 0 N–H and O–H groups in total. The molecule has 1 atom stereocenters. The summed E-state index contributed by atoms with van der Waals surface area (Å²) in [5, 5.41) is 0. The number of carbonyl (C=O) groups is 3. The third-order valence-electron chi connectivity index (χ3n) is 12.3. The number of esters is 3.